The zero-order chi connectivity index (χ0) is 17.6. The summed E-state index contributed by atoms with van der Waals surface area (Å²) in [4.78, 5) is 14.2. The van der Waals surface area contributed by atoms with E-state index in [0.29, 0.717) is 29.5 Å². The molecule has 0 bridgehead atoms. The summed E-state index contributed by atoms with van der Waals surface area (Å²) in [7, 11) is 1.76. The highest BCUT2D eigenvalue weighted by Gasteiger charge is 2.36. The number of anilines is 3. The SMILES string of the molecule is CN1C(=O)C(C)(C)COc2ccc(Nc3ccc4nnnn4n3)cc21. The van der Waals surface area contributed by atoms with E-state index in [-0.39, 0.29) is 5.91 Å². The molecule has 25 heavy (non-hydrogen) atoms. The topological polar surface area (TPSA) is 97.5 Å². The molecule has 0 saturated carbocycles. The number of nitrogens with zero attached hydrogens (tertiary/aromatic N) is 6. The molecule has 128 valence electrons. The third-order valence-electron chi connectivity index (χ3n) is 4.13. The summed E-state index contributed by atoms with van der Waals surface area (Å²) < 4.78 is 7.16. The lowest BCUT2D eigenvalue weighted by Gasteiger charge is -2.24. The molecule has 1 aliphatic rings. The number of rotatable bonds is 2. The zero-order valence-electron chi connectivity index (χ0n) is 14.1. The minimum Gasteiger partial charge on any atom is -0.490 e. The highest BCUT2D eigenvalue weighted by atomic mass is 16.5. The van der Waals surface area contributed by atoms with Gasteiger partial charge >= 0.3 is 0 Å². The first-order valence-corrected chi connectivity index (χ1v) is 7.81. The molecule has 1 aliphatic heterocycles. The minimum absolute atomic E-state index is 0.0108. The molecule has 3 aromatic rings. The maximum Gasteiger partial charge on any atom is 0.235 e. The van der Waals surface area contributed by atoms with Gasteiger partial charge in [-0.2, -0.15) is 0 Å². The average Bonchev–Trinajstić information content (AvgIpc) is 3.04. The first-order chi connectivity index (χ1) is 11.9. The molecule has 0 radical (unpaired) electrons. The number of amides is 1. The van der Waals surface area contributed by atoms with Gasteiger partial charge < -0.3 is 15.0 Å². The fourth-order valence-corrected chi connectivity index (χ4v) is 2.73. The van der Waals surface area contributed by atoms with Crippen molar-refractivity contribution < 1.29 is 9.53 Å². The van der Waals surface area contributed by atoms with Crippen LogP contribution in [0.2, 0.25) is 0 Å². The van der Waals surface area contributed by atoms with Crippen LogP contribution in [0, 0.1) is 5.41 Å². The van der Waals surface area contributed by atoms with Crippen molar-refractivity contribution in [3.8, 4) is 5.75 Å². The Labute approximate surface area is 143 Å². The monoisotopic (exact) mass is 339 g/mol. The van der Waals surface area contributed by atoms with Gasteiger partial charge in [-0.05, 0) is 54.6 Å². The molecule has 0 aliphatic carbocycles. The Balaban J connectivity index is 1.67. The van der Waals surface area contributed by atoms with Crippen molar-refractivity contribution in [1.29, 1.82) is 0 Å². The Hall–Kier alpha value is -3.23. The predicted octanol–water partition coefficient (Wildman–Crippen LogP) is 1.64. The third kappa shape index (κ3) is 2.63. The molecule has 1 N–H and O–H groups in total. The lowest BCUT2D eigenvalue weighted by Crippen LogP contribution is -2.39. The molecule has 4 rings (SSSR count). The van der Waals surface area contributed by atoms with Crippen LogP contribution in [0.4, 0.5) is 17.2 Å². The summed E-state index contributed by atoms with van der Waals surface area (Å²) in [5.74, 6) is 1.27. The number of ether oxygens (including phenoxy) is 1. The number of nitrogens with one attached hydrogen (secondary N) is 1. The van der Waals surface area contributed by atoms with E-state index in [1.807, 2.05) is 32.0 Å². The van der Waals surface area contributed by atoms with Crippen LogP contribution in [-0.4, -0.2) is 44.8 Å². The Morgan fingerprint density at radius 2 is 2.08 bits per heavy atom. The Bertz CT molecular complexity index is 966. The summed E-state index contributed by atoms with van der Waals surface area (Å²) in [6.45, 7) is 4.10. The fourth-order valence-electron chi connectivity index (χ4n) is 2.73. The van der Waals surface area contributed by atoms with E-state index in [0.717, 1.165) is 5.69 Å². The number of hydrogen-bond donors (Lipinski definition) is 1. The van der Waals surface area contributed by atoms with Gasteiger partial charge in [0.05, 0.1) is 11.1 Å². The maximum atomic E-state index is 12.6. The van der Waals surface area contributed by atoms with Crippen molar-refractivity contribution in [3.63, 3.8) is 0 Å². The van der Waals surface area contributed by atoms with E-state index in [4.69, 9.17) is 4.74 Å². The van der Waals surface area contributed by atoms with Crippen LogP contribution in [0.25, 0.3) is 5.65 Å². The van der Waals surface area contributed by atoms with Gasteiger partial charge in [-0.15, -0.1) is 14.8 Å². The lowest BCUT2D eigenvalue weighted by molar-refractivity contribution is -0.127. The molecule has 0 unspecified atom stereocenters. The molecule has 0 spiro atoms. The van der Waals surface area contributed by atoms with Gasteiger partial charge in [-0.1, -0.05) is 0 Å². The summed E-state index contributed by atoms with van der Waals surface area (Å²) in [6.07, 6.45) is 0. The van der Waals surface area contributed by atoms with E-state index in [2.05, 4.69) is 25.9 Å². The van der Waals surface area contributed by atoms with E-state index < -0.39 is 5.41 Å². The van der Waals surface area contributed by atoms with Crippen LogP contribution >= 0.6 is 0 Å². The van der Waals surface area contributed by atoms with Crippen LogP contribution in [0.3, 0.4) is 0 Å². The Morgan fingerprint density at radius 1 is 1.24 bits per heavy atom. The number of tetrazole rings is 1. The van der Waals surface area contributed by atoms with E-state index in [9.17, 15) is 4.79 Å². The first-order valence-electron chi connectivity index (χ1n) is 7.81. The second-order valence-electron chi connectivity index (χ2n) is 6.59. The van der Waals surface area contributed by atoms with Gasteiger partial charge in [0, 0.05) is 12.7 Å². The zero-order valence-corrected chi connectivity index (χ0v) is 14.1. The molecule has 9 heteroatoms. The molecule has 3 heterocycles. The Morgan fingerprint density at radius 3 is 2.92 bits per heavy atom. The molecule has 2 aromatic heterocycles. The van der Waals surface area contributed by atoms with Gasteiger partial charge in [-0.25, -0.2) is 0 Å². The molecular formula is C16H17N7O2. The fraction of sp³-hybridized carbons (Fsp3) is 0.312. The van der Waals surface area contributed by atoms with Crippen LogP contribution in [0.15, 0.2) is 30.3 Å². The van der Waals surface area contributed by atoms with Crippen molar-refractivity contribution >= 4 is 28.7 Å². The third-order valence-corrected chi connectivity index (χ3v) is 4.13. The molecular weight excluding hydrogens is 322 g/mol. The normalized spacial score (nSPS) is 16.3. The van der Waals surface area contributed by atoms with Crippen LogP contribution in [-0.2, 0) is 4.79 Å². The van der Waals surface area contributed by atoms with Crippen molar-refractivity contribution in [1.82, 2.24) is 25.3 Å². The highest BCUT2D eigenvalue weighted by Crippen LogP contribution is 2.37. The summed E-state index contributed by atoms with van der Waals surface area (Å²) in [6, 6.07) is 9.13. The lowest BCUT2D eigenvalue weighted by atomic mass is 9.93. The molecule has 0 fully saturated rings. The molecule has 0 atom stereocenters. The molecule has 1 aromatic carbocycles. The second kappa shape index (κ2) is 5.40. The van der Waals surface area contributed by atoms with Crippen LogP contribution in [0.5, 0.6) is 5.75 Å². The highest BCUT2D eigenvalue weighted by molar-refractivity contribution is 5.99. The quantitative estimate of drug-likeness (QED) is 0.758. The van der Waals surface area contributed by atoms with E-state index in [1.165, 1.54) is 4.63 Å². The minimum atomic E-state index is -0.575. The van der Waals surface area contributed by atoms with Gasteiger partial charge in [0.2, 0.25) is 5.91 Å². The van der Waals surface area contributed by atoms with E-state index >= 15 is 0 Å². The number of hydrogen-bond acceptors (Lipinski definition) is 7. The average molecular weight is 339 g/mol. The van der Waals surface area contributed by atoms with Crippen molar-refractivity contribution in [2.24, 2.45) is 5.41 Å². The number of benzene rings is 1. The van der Waals surface area contributed by atoms with Gasteiger partial charge in [-0.3, -0.25) is 4.79 Å². The van der Waals surface area contributed by atoms with Gasteiger partial charge in [0.25, 0.3) is 0 Å². The van der Waals surface area contributed by atoms with Crippen molar-refractivity contribution in [2.75, 3.05) is 23.9 Å². The smallest absolute Gasteiger partial charge is 0.235 e. The summed E-state index contributed by atoms with van der Waals surface area (Å²) >= 11 is 0. The molecule has 1 amide bonds. The van der Waals surface area contributed by atoms with Gasteiger partial charge in [0.15, 0.2) is 11.5 Å². The van der Waals surface area contributed by atoms with Gasteiger partial charge in [0.1, 0.15) is 12.4 Å². The summed E-state index contributed by atoms with van der Waals surface area (Å²) in [5.41, 5.74) is 1.48. The predicted molar refractivity (Wildman–Crippen MR) is 91.0 cm³/mol. The van der Waals surface area contributed by atoms with Crippen LogP contribution in [0.1, 0.15) is 13.8 Å². The largest absolute Gasteiger partial charge is 0.490 e. The summed E-state index contributed by atoms with van der Waals surface area (Å²) in [5, 5.41) is 18.6. The Kier molecular flexibility index (Phi) is 3.31. The number of fused-ring (bicyclic) bond motifs is 2. The van der Waals surface area contributed by atoms with Crippen LogP contribution < -0.4 is 15.0 Å². The van der Waals surface area contributed by atoms with Crippen molar-refractivity contribution in [2.45, 2.75) is 13.8 Å². The number of carbonyl (C=O) groups is 1. The standard InChI is InChI=1S/C16H17N7O2/c1-16(2)9-25-12-5-4-10(8-11(12)22(3)15(16)24)17-13-6-7-14-18-20-21-23(14)19-13/h4-8H,9H2,1-3H3,(H,17,19). The maximum absolute atomic E-state index is 12.6. The molecule has 9 nitrogen and oxygen atoms in total. The van der Waals surface area contributed by atoms with E-state index in [1.54, 1.807) is 24.1 Å². The van der Waals surface area contributed by atoms with Crippen molar-refractivity contribution in [3.05, 3.63) is 30.3 Å². The first kappa shape index (κ1) is 15.3. The molecule has 0 saturated heterocycles. The second-order valence-corrected chi connectivity index (χ2v) is 6.59. The number of aromatic nitrogens is 5. The number of carbonyl (C=O) groups excluding carboxylic acids is 1.